The van der Waals surface area contributed by atoms with Crippen LogP contribution in [0, 0.1) is 11.6 Å². The van der Waals surface area contributed by atoms with E-state index in [4.69, 9.17) is 4.74 Å². The summed E-state index contributed by atoms with van der Waals surface area (Å²) < 4.78 is 58.4. The summed E-state index contributed by atoms with van der Waals surface area (Å²) in [6.07, 6.45) is 2.73. The lowest BCUT2D eigenvalue weighted by Gasteiger charge is -2.26. The molecule has 1 N–H and O–H groups in total. The fourth-order valence-corrected chi connectivity index (χ4v) is 4.65. The maximum Gasteiger partial charge on any atom is 0.258 e. The van der Waals surface area contributed by atoms with Crippen molar-refractivity contribution >= 4 is 15.9 Å². The molecule has 0 saturated carbocycles. The summed E-state index contributed by atoms with van der Waals surface area (Å²) in [5.74, 6) is -2.37. The normalized spacial score (nSPS) is 15.1. The van der Waals surface area contributed by atoms with Gasteiger partial charge in [0.05, 0.1) is 4.90 Å². The number of rotatable bonds is 7. The molecule has 1 amide bonds. The molecule has 1 heterocycles. The monoisotopic (exact) mass is 424 g/mol. The molecule has 156 valence electrons. The number of hydrogen-bond donors (Lipinski definition) is 1. The molecule has 0 atom stereocenters. The number of sulfonamides is 1. The molecule has 9 heteroatoms. The van der Waals surface area contributed by atoms with Crippen molar-refractivity contribution in [1.82, 2.24) is 9.62 Å². The summed E-state index contributed by atoms with van der Waals surface area (Å²) in [6.45, 7) is 0.674. The molecule has 0 spiro atoms. The summed E-state index contributed by atoms with van der Waals surface area (Å²) in [6, 6.07) is 9.21. The lowest BCUT2D eigenvalue weighted by molar-refractivity contribution is -0.123. The molecule has 0 unspecified atom stereocenters. The quantitative estimate of drug-likeness (QED) is 0.742. The van der Waals surface area contributed by atoms with Crippen LogP contribution in [0.1, 0.15) is 24.8 Å². The third kappa shape index (κ3) is 5.51. The van der Waals surface area contributed by atoms with Crippen LogP contribution in [0.2, 0.25) is 0 Å². The molecule has 1 fully saturated rings. The number of carbonyl (C=O) groups excluding carboxylic acids is 1. The van der Waals surface area contributed by atoms with Crippen LogP contribution in [0.3, 0.4) is 0 Å². The molecule has 2 aromatic rings. The van der Waals surface area contributed by atoms with Crippen molar-refractivity contribution in [2.75, 3.05) is 19.7 Å². The average Bonchev–Trinajstić information content (AvgIpc) is 2.72. The van der Waals surface area contributed by atoms with Gasteiger partial charge in [-0.25, -0.2) is 17.2 Å². The van der Waals surface area contributed by atoms with E-state index in [9.17, 15) is 22.0 Å². The molecule has 1 saturated heterocycles. The molecule has 1 aliphatic heterocycles. The van der Waals surface area contributed by atoms with E-state index in [-0.39, 0.29) is 17.2 Å². The Balaban J connectivity index is 1.56. The first-order valence-electron chi connectivity index (χ1n) is 9.30. The Bertz CT molecular complexity index is 976. The minimum atomic E-state index is -3.55. The molecular formula is C20H22F2N2O4S. The van der Waals surface area contributed by atoms with Crippen LogP contribution < -0.4 is 10.1 Å². The lowest BCUT2D eigenvalue weighted by atomic mass is 10.2. The summed E-state index contributed by atoms with van der Waals surface area (Å²) >= 11 is 0. The first kappa shape index (κ1) is 21.2. The second-order valence-corrected chi connectivity index (χ2v) is 8.69. The molecule has 0 aromatic heterocycles. The third-order valence-electron chi connectivity index (χ3n) is 4.59. The van der Waals surface area contributed by atoms with E-state index < -0.39 is 34.2 Å². The Labute approximate surface area is 168 Å². The van der Waals surface area contributed by atoms with Gasteiger partial charge >= 0.3 is 0 Å². The molecule has 6 nitrogen and oxygen atoms in total. The average molecular weight is 424 g/mol. The van der Waals surface area contributed by atoms with Crippen LogP contribution in [0.5, 0.6) is 5.75 Å². The Kier molecular flexibility index (Phi) is 6.81. The maximum atomic E-state index is 13.5. The van der Waals surface area contributed by atoms with Gasteiger partial charge in [0.2, 0.25) is 10.0 Å². The fourth-order valence-electron chi connectivity index (χ4n) is 3.06. The number of piperidine rings is 1. The van der Waals surface area contributed by atoms with Crippen LogP contribution in [-0.2, 0) is 21.4 Å². The molecule has 0 aliphatic carbocycles. The van der Waals surface area contributed by atoms with Crippen molar-refractivity contribution in [1.29, 1.82) is 0 Å². The lowest BCUT2D eigenvalue weighted by Crippen LogP contribution is -2.35. The standard InChI is InChI=1S/C20H22F2N2O4S/c21-16-7-8-19(18(22)12-16)28-14-20(25)23-13-15-5-4-6-17(11-15)29(26,27)24-9-2-1-3-10-24/h4-8,11-12H,1-3,9-10,13-14H2,(H,23,25). The van der Waals surface area contributed by atoms with Gasteiger partial charge in [0.15, 0.2) is 18.2 Å². The molecule has 3 rings (SSSR count). The van der Waals surface area contributed by atoms with Crippen LogP contribution in [0.4, 0.5) is 8.78 Å². The molecule has 1 aliphatic rings. The van der Waals surface area contributed by atoms with Crippen molar-refractivity contribution in [3.05, 3.63) is 59.7 Å². The second kappa shape index (κ2) is 9.32. The SMILES string of the molecule is O=C(COc1ccc(F)cc1F)NCc1cccc(S(=O)(=O)N2CCCCC2)c1. The largest absolute Gasteiger partial charge is 0.481 e. The van der Waals surface area contributed by atoms with Gasteiger partial charge in [-0.3, -0.25) is 4.79 Å². The molecule has 29 heavy (non-hydrogen) atoms. The van der Waals surface area contributed by atoms with Gasteiger partial charge in [0.25, 0.3) is 5.91 Å². The number of nitrogens with one attached hydrogen (secondary N) is 1. The molecule has 2 aromatic carbocycles. The number of carbonyl (C=O) groups is 1. The number of halogens is 2. The number of benzene rings is 2. The van der Waals surface area contributed by atoms with Gasteiger partial charge in [-0.05, 0) is 42.7 Å². The third-order valence-corrected chi connectivity index (χ3v) is 6.49. The first-order chi connectivity index (χ1) is 13.9. The van der Waals surface area contributed by atoms with E-state index in [1.54, 1.807) is 12.1 Å². The van der Waals surface area contributed by atoms with Crippen molar-refractivity contribution in [3.8, 4) is 5.75 Å². The van der Waals surface area contributed by atoms with Crippen LogP contribution in [0.15, 0.2) is 47.4 Å². The van der Waals surface area contributed by atoms with Gasteiger partial charge in [-0.1, -0.05) is 18.6 Å². The van der Waals surface area contributed by atoms with Crippen molar-refractivity contribution in [2.45, 2.75) is 30.7 Å². The Morgan fingerprint density at radius 2 is 1.83 bits per heavy atom. The number of ether oxygens (including phenoxy) is 1. The summed E-state index contributed by atoms with van der Waals surface area (Å²) in [7, 11) is -3.55. The Hall–Kier alpha value is -2.52. The highest BCUT2D eigenvalue weighted by atomic mass is 32.2. The van der Waals surface area contributed by atoms with E-state index >= 15 is 0 Å². The van der Waals surface area contributed by atoms with Gasteiger partial charge in [0, 0.05) is 25.7 Å². The number of nitrogens with zero attached hydrogens (tertiary/aromatic N) is 1. The van der Waals surface area contributed by atoms with Gasteiger partial charge in [-0.15, -0.1) is 0 Å². The van der Waals surface area contributed by atoms with E-state index in [1.165, 1.54) is 16.4 Å². The van der Waals surface area contributed by atoms with Gasteiger partial charge in [-0.2, -0.15) is 4.31 Å². The van der Waals surface area contributed by atoms with Crippen LogP contribution >= 0.6 is 0 Å². The fraction of sp³-hybridized carbons (Fsp3) is 0.350. The molecule has 0 radical (unpaired) electrons. The van der Waals surface area contributed by atoms with E-state index in [0.29, 0.717) is 24.7 Å². The number of amides is 1. The zero-order valence-electron chi connectivity index (χ0n) is 15.7. The number of hydrogen-bond acceptors (Lipinski definition) is 4. The summed E-state index contributed by atoms with van der Waals surface area (Å²) in [4.78, 5) is 12.1. The van der Waals surface area contributed by atoms with E-state index in [0.717, 1.165) is 31.4 Å². The van der Waals surface area contributed by atoms with Gasteiger partial charge in [0.1, 0.15) is 5.82 Å². The second-order valence-electron chi connectivity index (χ2n) is 6.75. The smallest absolute Gasteiger partial charge is 0.258 e. The van der Waals surface area contributed by atoms with Crippen molar-refractivity contribution < 1.29 is 26.7 Å². The van der Waals surface area contributed by atoms with Crippen LogP contribution in [-0.4, -0.2) is 38.3 Å². The summed E-state index contributed by atoms with van der Waals surface area (Å²) in [5.41, 5.74) is 0.615. The predicted octanol–water partition coefficient (Wildman–Crippen LogP) is 2.83. The molecular weight excluding hydrogens is 402 g/mol. The zero-order chi connectivity index (χ0) is 20.9. The minimum absolute atomic E-state index is 0.0947. The molecule has 0 bridgehead atoms. The van der Waals surface area contributed by atoms with Crippen molar-refractivity contribution in [3.63, 3.8) is 0 Å². The topological polar surface area (TPSA) is 75.7 Å². The summed E-state index contributed by atoms with van der Waals surface area (Å²) in [5, 5.41) is 2.59. The highest BCUT2D eigenvalue weighted by Crippen LogP contribution is 2.21. The Morgan fingerprint density at radius 3 is 2.55 bits per heavy atom. The van der Waals surface area contributed by atoms with E-state index in [2.05, 4.69) is 5.32 Å². The predicted molar refractivity (Wildman–Crippen MR) is 103 cm³/mol. The zero-order valence-corrected chi connectivity index (χ0v) is 16.6. The van der Waals surface area contributed by atoms with E-state index in [1.807, 2.05) is 0 Å². The highest BCUT2D eigenvalue weighted by molar-refractivity contribution is 7.89. The highest BCUT2D eigenvalue weighted by Gasteiger charge is 2.25. The van der Waals surface area contributed by atoms with Crippen molar-refractivity contribution in [2.24, 2.45) is 0 Å². The first-order valence-corrected chi connectivity index (χ1v) is 10.7. The van der Waals surface area contributed by atoms with Gasteiger partial charge < -0.3 is 10.1 Å². The maximum absolute atomic E-state index is 13.5. The van der Waals surface area contributed by atoms with Crippen LogP contribution in [0.25, 0.3) is 0 Å². The minimum Gasteiger partial charge on any atom is -0.481 e. The Morgan fingerprint density at radius 1 is 1.07 bits per heavy atom.